The lowest BCUT2D eigenvalue weighted by Gasteiger charge is -2.31. The van der Waals surface area contributed by atoms with Crippen LogP contribution in [0.2, 0.25) is 5.02 Å². The van der Waals surface area contributed by atoms with E-state index in [0.29, 0.717) is 27.8 Å². The summed E-state index contributed by atoms with van der Waals surface area (Å²) < 4.78 is 66.2. The Balaban J connectivity index is 1.45. The molecule has 0 bridgehead atoms. The van der Waals surface area contributed by atoms with Crippen LogP contribution in [0.1, 0.15) is 22.9 Å². The van der Waals surface area contributed by atoms with Crippen LogP contribution < -0.4 is 10.6 Å². The van der Waals surface area contributed by atoms with E-state index in [4.69, 9.17) is 11.6 Å². The fourth-order valence-corrected chi connectivity index (χ4v) is 6.56. The molecule has 5 aromatic rings. The van der Waals surface area contributed by atoms with Gasteiger partial charge in [0, 0.05) is 23.3 Å². The number of pyridine rings is 2. The fraction of sp³-hybridized carbons (Fsp3) is 0.148. The number of fused-ring (bicyclic) bond motifs is 1. The van der Waals surface area contributed by atoms with Crippen molar-refractivity contribution in [2.24, 2.45) is 0 Å². The summed E-state index contributed by atoms with van der Waals surface area (Å²) in [5, 5.41) is 25.2. The zero-order valence-electron chi connectivity index (χ0n) is 22.2. The molecular weight excluding hydrogens is 604 g/mol. The molecule has 0 saturated carbocycles. The number of rotatable bonds is 7. The predicted molar refractivity (Wildman–Crippen MR) is 156 cm³/mol. The van der Waals surface area contributed by atoms with Gasteiger partial charge in [-0.2, -0.15) is 9.65 Å². The maximum absolute atomic E-state index is 13.9. The van der Waals surface area contributed by atoms with E-state index < -0.39 is 32.9 Å². The van der Waals surface area contributed by atoms with Crippen LogP contribution in [-0.4, -0.2) is 52.7 Å². The van der Waals surface area contributed by atoms with Crippen molar-refractivity contribution in [3.8, 4) is 6.07 Å². The minimum Gasteiger partial charge on any atom is -0.378 e. The summed E-state index contributed by atoms with van der Waals surface area (Å²) in [6, 6.07) is 11.6. The number of aromatic nitrogens is 5. The van der Waals surface area contributed by atoms with Crippen molar-refractivity contribution in [3.05, 3.63) is 100 Å². The number of sulfone groups is 1. The molecule has 16 heteroatoms. The maximum Gasteiger partial charge on any atom is 0.249 e. The minimum absolute atomic E-state index is 0.0474. The first-order chi connectivity index (χ1) is 20.5. The molecule has 1 atom stereocenters. The fourth-order valence-electron chi connectivity index (χ4n) is 4.92. The third-order valence-corrected chi connectivity index (χ3v) is 9.29. The molecule has 6 rings (SSSR count). The summed E-state index contributed by atoms with van der Waals surface area (Å²) in [7, 11) is -1.32. The highest BCUT2D eigenvalue weighted by Gasteiger charge is 2.38. The van der Waals surface area contributed by atoms with Crippen LogP contribution in [0.25, 0.3) is 10.9 Å². The summed E-state index contributed by atoms with van der Waals surface area (Å²) in [5.41, 5.74) is 1.06. The van der Waals surface area contributed by atoms with Crippen LogP contribution in [0.15, 0.2) is 61.1 Å². The van der Waals surface area contributed by atoms with Gasteiger partial charge >= 0.3 is 0 Å². The molecule has 0 radical (unpaired) electrons. The van der Waals surface area contributed by atoms with Gasteiger partial charge in [0.1, 0.15) is 25.4 Å². The summed E-state index contributed by atoms with van der Waals surface area (Å²) in [4.78, 5) is 7.69. The van der Waals surface area contributed by atoms with Crippen molar-refractivity contribution >= 4 is 57.2 Å². The van der Waals surface area contributed by atoms with Gasteiger partial charge in [0.2, 0.25) is 5.95 Å². The molecule has 10 nitrogen and oxygen atoms in total. The smallest absolute Gasteiger partial charge is 0.249 e. The first-order valence-electron chi connectivity index (χ1n) is 12.7. The van der Waals surface area contributed by atoms with Gasteiger partial charge in [-0.25, -0.2) is 26.9 Å². The normalized spacial score (nSPS) is 15.8. The number of nitriles is 1. The Labute approximate surface area is 248 Å². The first-order valence-corrected chi connectivity index (χ1v) is 14.9. The number of anilines is 3. The molecule has 0 aliphatic carbocycles. The lowest BCUT2D eigenvalue weighted by atomic mass is 9.69. The number of nitrogens with zero attached hydrogens (tertiary/aromatic N) is 6. The molecule has 1 unspecified atom stereocenters. The van der Waals surface area contributed by atoms with Crippen LogP contribution in [-0.2, 0) is 15.3 Å². The minimum atomic E-state index is -3.11. The second-order valence-corrected chi connectivity index (χ2v) is 12.8. The Morgan fingerprint density at radius 1 is 1.07 bits per heavy atom. The third kappa shape index (κ3) is 5.35. The van der Waals surface area contributed by atoms with E-state index in [9.17, 15) is 26.9 Å². The average molecular weight is 623 g/mol. The average Bonchev–Trinajstić information content (AvgIpc) is 3.45. The SMILES string of the molecule is BC(Nc1cc(Cl)c2ncc(C#N)c(Nc3cnc(F)c(F)c3)c2c1)(c1ccc(F)cc1)c1cn(C2CS(=O)(=O)C2)nn1. The van der Waals surface area contributed by atoms with E-state index >= 15 is 0 Å². The summed E-state index contributed by atoms with van der Waals surface area (Å²) >= 11 is 6.65. The van der Waals surface area contributed by atoms with E-state index in [1.807, 2.05) is 6.07 Å². The van der Waals surface area contributed by atoms with E-state index in [1.165, 1.54) is 23.0 Å². The Kier molecular flexibility index (Phi) is 6.98. The lowest BCUT2D eigenvalue weighted by molar-refractivity contribution is 0.463. The van der Waals surface area contributed by atoms with Crippen molar-refractivity contribution in [1.82, 2.24) is 25.0 Å². The molecular formula is C27H19BClF3N8O2S. The van der Waals surface area contributed by atoms with Gasteiger partial charge in [0.05, 0.1) is 62.9 Å². The zero-order chi connectivity index (χ0) is 30.5. The lowest BCUT2D eigenvalue weighted by Crippen LogP contribution is -2.39. The van der Waals surface area contributed by atoms with Crippen molar-refractivity contribution in [2.75, 3.05) is 22.1 Å². The Bertz CT molecular complexity index is 2040. The molecule has 4 heterocycles. The largest absolute Gasteiger partial charge is 0.378 e. The van der Waals surface area contributed by atoms with E-state index in [-0.39, 0.29) is 39.5 Å². The molecule has 1 aliphatic rings. The summed E-state index contributed by atoms with van der Waals surface area (Å²) in [6.07, 6.45) is 4.02. The highest BCUT2D eigenvalue weighted by atomic mass is 35.5. The Hall–Kier alpha value is -4.68. The van der Waals surface area contributed by atoms with Gasteiger partial charge in [-0.05, 0) is 29.8 Å². The molecule has 0 spiro atoms. The molecule has 2 aromatic carbocycles. The second-order valence-electron chi connectivity index (χ2n) is 10.2. The van der Waals surface area contributed by atoms with Gasteiger partial charge < -0.3 is 10.6 Å². The molecule has 1 aliphatic heterocycles. The summed E-state index contributed by atoms with van der Waals surface area (Å²) in [5.74, 6) is -2.98. The van der Waals surface area contributed by atoms with Gasteiger partial charge in [-0.1, -0.05) is 28.9 Å². The van der Waals surface area contributed by atoms with Crippen molar-refractivity contribution in [3.63, 3.8) is 0 Å². The quantitative estimate of drug-likeness (QED) is 0.205. The highest BCUT2D eigenvalue weighted by molar-refractivity contribution is 7.92. The van der Waals surface area contributed by atoms with Crippen molar-refractivity contribution in [1.29, 1.82) is 5.26 Å². The van der Waals surface area contributed by atoms with E-state index in [0.717, 1.165) is 12.3 Å². The zero-order valence-corrected chi connectivity index (χ0v) is 23.8. The molecule has 216 valence electrons. The monoisotopic (exact) mass is 622 g/mol. The molecule has 43 heavy (non-hydrogen) atoms. The maximum atomic E-state index is 13.9. The topological polar surface area (TPSA) is 138 Å². The number of halogens is 4. The number of benzene rings is 2. The van der Waals surface area contributed by atoms with Crippen LogP contribution in [0.3, 0.4) is 0 Å². The van der Waals surface area contributed by atoms with Crippen molar-refractivity contribution in [2.45, 2.75) is 11.5 Å². The van der Waals surface area contributed by atoms with Crippen LogP contribution in [0.5, 0.6) is 0 Å². The first kappa shape index (κ1) is 28.4. The summed E-state index contributed by atoms with van der Waals surface area (Å²) in [6.45, 7) is 0. The Morgan fingerprint density at radius 2 is 1.81 bits per heavy atom. The van der Waals surface area contributed by atoms with E-state index in [2.05, 4.69) is 30.9 Å². The number of hydrogen-bond acceptors (Lipinski definition) is 9. The van der Waals surface area contributed by atoms with E-state index in [1.54, 1.807) is 38.3 Å². The number of hydrogen-bond donors (Lipinski definition) is 2. The molecule has 3 aromatic heterocycles. The van der Waals surface area contributed by atoms with Crippen LogP contribution >= 0.6 is 11.6 Å². The second kappa shape index (κ2) is 10.5. The third-order valence-electron chi connectivity index (χ3n) is 7.22. The Morgan fingerprint density at radius 3 is 2.49 bits per heavy atom. The van der Waals surface area contributed by atoms with Crippen molar-refractivity contribution < 1.29 is 21.6 Å². The van der Waals surface area contributed by atoms with Crippen LogP contribution in [0.4, 0.5) is 30.2 Å². The molecule has 2 N–H and O–H groups in total. The predicted octanol–water partition coefficient (Wildman–Crippen LogP) is 3.82. The molecule has 1 fully saturated rings. The molecule has 0 amide bonds. The van der Waals surface area contributed by atoms with Crippen LogP contribution in [0, 0.1) is 28.9 Å². The number of nitrogens with one attached hydrogen (secondary N) is 2. The van der Waals surface area contributed by atoms with Gasteiger partial charge in [-0.15, -0.1) is 5.10 Å². The highest BCUT2D eigenvalue weighted by Crippen LogP contribution is 2.38. The van der Waals surface area contributed by atoms with Gasteiger partial charge in [0.25, 0.3) is 0 Å². The standard InChI is InChI=1S/C27H19BClF3N8O2S/c28-27(15-1-3-16(30)4-2-15,23-11-40(39-38-23)19-12-43(41,42)13-19)37-17-5-20-24(36-18-7-22(31)26(32)35-10-18)14(8-33)9-34-25(20)21(29)6-17/h1-7,9-11,19,37H,12-13,28H2,(H,34,36). The van der Waals surface area contributed by atoms with Gasteiger partial charge in [-0.3, -0.25) is 4.98 Å². The van der Waals surface area contributed by atoms with Gasteiger partial charge in [0.15, 0.2) is 15.7 Å². The molecule has 1 saturated heterocycles.